The Labute approximate surface area is 156 Å². The highest BCUT2D eigenvalue weighted by Crippen LogP contribution is 2.30. The highest BCUT2D eigenvalue weighted by Gasteiger charge is 2.35. The molecule has 148 valence electrons. The van der Waals surface area contributed by atoms with Crippen LogP contribution in [0.3, 0.4) is 0 Å². The van der Waals surface area contributed by atoms with Crippen molar-refractivity contribution in [3.63, 3.8) is 0 Å². The summed E-state index contributed by atoms with van der Waals surface area (Å²) in [4.78, 5) is 25.7. The van der Waals surface area contributed by atoms with Crippen LogP contribution in [0, 0.1) is 17.6 Å². The van der Waals surface area contributed by atoms with E-state index in [1.165, 1.54) is 29.2 Å². The minimum atomic E-state index is -4.50. The molecule has 0 aliphatic carbocycles. The summed E-state index contributed by atoms with van der Waals surface area (Å²) < 4.78 is 65.3. The van der Waals surface area contributed by atoms with Crippen LogP contribution in [0.5, 0.6) is 0 Å². The summed E-state index contributed by atoms with van der Waals surface area (Å²) >= 11 is 0. The fourth-order valence-corrected chi connectivity index (χ4v) is 3.00. The van der Waals surface area contributed by atoms with Gasteiger partial charge in [-0.25, -0.2) is 8.78 Å². The van der Waals surface area contributed by atoms with E-state index < -0.39 is 41.1 Å². The number of amides is 2. The van der Waals surface area contributed by atoms with Crippen molar-refractivity contribution in [3.05, 3.63) is 65.2 Å². The average molecular weight is 398 g/mol. The molecule has 4 nitrogen and oxygen atoms in total. The number of carbonyl (C=O) groups excluding carboxylic acids is 2. The predicted molar refractivity (Wildman–Crippen MR) is 90.0 cm³/mol. The normalized spacial score (nSPS) is 17.1. The molecule has 0 radical (unpaired) electrons. The molecule has 2 amide bonds. The van der Waals surface area contributed by atoms with Crippen molar-refractivity contribution in [2.75, 3.05) is 11.9 Å². The smallest absolute Gasteiger partial charge is 0.338 e. The second kappa shape index (κ2) is 7.57. The molecular weight excluding hydrogens is 383 g/mol. The Balaban J connectivity index is 1.67. The zero-order chi connectivity index (χ0) is 20.5. The molecule has 9 heteroatoms. The maximum Gasteiger partial charge on any atom is 0.416 e. The van der Waals surface area contributed by atoms with Crippen LogP contribution in [0.4, 0.5) is 27.6 Å². The second-order valence-corrected chi connectivity index (χ2v) is 6.46. The van der Waals surface area contributed by atoms with E-state index in [2.05, 4.69) is 5.32 Å². The van der Waals surface area contributed by atoms with Crippen molar-refractivity contribution in [1.82, 2.24) is 4.90 Å². The van der Waals surface area contributed by atoms with Crippen LogP contribution in [-0.2, 0) is 22.3 Å². The number of nitrogens with one attached hydrogen (secondary N) is 1. The van der Waals surface area contributed by atoms with Gasteiger partial charge in [-0.15, -0.1) is 0 Å². The van der Waals surface area contributed by atoms with Gasteiger partial charge in [0.1, 0.15) is 0 Å². The third kappa shape index (κ3) is 4.29. The Morgan fingerprint density at radius 1 is 1.14 bits per heavy atom. The van der Waals surface area contributed by atoms with Crippen molar-refractivity contribution in [3.8, 4) is 0 Å². The maximum atomic E-state index is 13.7. The maximum absolute atomic E-state index is 13.7. The van der Waals surface area contributed by atoms with Gasteiger partial charge < -0.3 is 10.2 Å². The minimum Gasteiger partial charge on any atom is -0.338 e. The van der Waals surface area contributed by atoms with Gasteiger partial charge in [-0.05, 0) is 29.8 Å². The first-order chi connectivity index (χ1) is 13.1. The zero-order valence-electron chi connectivity index (χ0n) is 14.4. The molecule has 1 aliphatic rings. The van der Waals surface area contributed by atoms with Gasteiger partial charge in [0.15, 0.2) is 11.6 Å². The van der Waals surface area contributed by atoms with Crippen molar-refractivity contribution in [2.24, 2.45) is 5.92 Å². The lowest BCUT2D eigenvalue weighted by atomic mass is 10.1. The molecule has 1 fully saturated rings. The third-order valence-corrected chi connectivity index (χ3v) is 4.42. The number of nitrogens with zero attached hydrogens (tertiary/aromatic N) is 1. The summed E-state index contributed by atoms with van der Waals surface area (Å²) in [5, 5.41) is 2.25. The summed E-state index contributed by atoms with van der Waals surface area (Å²) in [7, 11) is 0. The van der Waals surface area contributed by atoms with Gasteiger partial charge in [0.05, 0.1) is 17.2 Å². The molecule has 1 saturated heterocycles. The number of anilines is 1. The first-order valence-corrected chi connectivity index (χ1v) is 8.34. The molecule has 28 heavy (non-hydrogen) atoms. The lowest BCUT2D eigenvalue weighted by Gasteiger charge is -2.18. The highest BCUT2D eigenvalue weighted by molar-refractivity contribution is 5.97. The Bertz CT molecular complexity index is 913. The van der Waals surface area contributed by atoms with Crippen molar-refractivity contribution >= 4 is 17.5 Å². The van der Waals surface area contributed by atoms with Gasteiger partial charge >= 0.3 is 6.18 Å². The average Bonchev–Trinajstić information content (AvgIpc) is 2.99. The van der Waals surface area contributed by atoms with Crippen LogP contribution in [-0.4, -0.2) is 23.3 Å². The van der Waals surface area contributed by atoms with Gasteiger partial charge in [0.2, 0.25) is 11.8 Å². The summed E-state index contributed by atoms with van der Waals surface area (Å²) in [6.07, 6.45) is -4.66. The number of benzene rings is 2. The largest absolute Gasteiger partial charge is 0.416 e. The van der Waals surface area contributed by atoms with Crippen LogP contribution in [0.25, 0.3) is 0 Å². The van der Waals surface area contributed by atoms with E-state index in [1.807, 2.05) is 0 Å². The van der Waals surface area contributed by atoms with E-state index in [9.17, 15) is 31.5 Å². The van der Waals surface area contributed by atoms with Gasteiger partial charge in [-0.1, -0.05) is 18.2 Å². The van der Waals surface area contributed by atoms with Crippen molar-refractivity contribution in [1.29, 1.82) is 0 Å². The number of likely N-dealkylation sites (tertiary alicyclic amines) is 1. The molecule has 1 atom stereocenters. The van der Waals surface area contributed by atoms with Gasteiger partial charge in [0.25, 0.3) is 0 Å². The van der Waals surface area contributed by atoms with Crippen LogP contribution in [0.2, 0.25) is 0 Å². The molecule has 1 N–H and O–H groups in total. The Kier molecular flexibility index (Phi) is 5.35. The topological polar surface area (TPSA) is 49.4 Å². The van der Waals surface area contributed by atoms with Crippen LogP contribution in [0.1, 0.15) is 17.5 Å². The number of halogens is 5. The monoisotopic (exact) mass is 398 g/mol. The van der Waals surface area contributed by atoms with E-state index in [0.29, 0.717) is 0 Å². The second-order valence-electron chi connectivity index (χ2n) is 6.46. The van der Waals surface area contributed by atoms with E-state index in [4.69, 9.17) is 0 Å². The van der Waals surface area contributed by atoms with Gasteiger partial charge in [-0.2, -0.15) is 13.2 Å². The number of carbonyl (C=O) groups is 2. The number of hydrogen-bond acceptors (Lipinski definition) is 2. The standard InChI is InChI=1S/C19H15F5N2O2/c20-14-5-2-6-15(17(14)21)25-18(28)12-8-16(27)26(10-12)9-11-3-1-4-13(7-11)19(22,23)24/h1-7,12H,8-10H2,(H,25,28). The number of rotatable bonds is 4. The molecular formula is C19H15F5N2O2. The zero-order valence-corrected chi connectivity index (χ0v) is 14.4. The van der Waals surface area contributed by atoms with E-state index in [-0.39, 0.29) is 30.8 Å². The molecule has 2 aromatic carbocycles. The molecule has 1 aliphatic heterocycles. The Morgan fingerprint density at radius 3 is 2.57 bits per heavy atom. The summed E-state index contributed by atoms with van der Waals surface area (Å²) in [5.74, 6) is -4.21. The van der Waals surface area contributed by atoms with E-state index in [1.54, 1.807) is 0 Å². The van der Waals surface area contributed by atoms with E-state index in [0.717, 1.165) is 18.2 Å². The van der Waals surface area contributed by atoms with Crippen molar-refractivity contribution in [2.45, 2.75) is 19.1 Å². The lowest BCUT2D eigenvalue weighted by molar-refractivity contribution is -0.137. The molecule has 0 spiro atoms. The van der Waals surface area contributed by atoms with Crippen molar-refractivity contribution < 1.29 is 31.5 Å². The first-order valence-electron chi connectivity index (χ1n) is 8.34. The van der Waals surface area contributed by atoms with E-state index >= 15 is 0 Å². The Morgan fingerprint density at radius 2 is 1.86 bits per heavy atom. The quantitative estimate of drug-likeness (QED) is 0.793. The summed E-state index contributed by atoms with van der Waals surface area (Å²) in [6, 6.07) is 7.90. The molecule has 0 aromatic heterocycles. The summed E-state index contributed by atoms with van der Waals surface area (Å²) in [6.45, 7) is -0.112. The molecule has 0 bridgehead atoms. The molecule has 1 unspecified atom stereocenters. The lowest BCUT2D eigenvalue weighted by Crippen LogP contribution is -2.28. The van der Waals surface area contributed by atoms with Gasteiger partial charge in [-0.3, -0.25) is 9.59 Å². The number of hydrogen-bond donors (Lipinski definition) is 1. The molecule has 3 rings (SSSR count). The SMILES string of the molecule is O=C(Nc1cccc(F)c1F)C1CC(=O)N(Cc2cccc(C(F)(F)F)c2)C1. The fraction of sp³-hybridized carbons (Fsp3) is 0.263. The predicted octanol–water partition coefficient (Wildman–Crippen LogP) is 3.97. The summed E-state index contributed by atoms with van der Waals surface area (Å²) in [5.41, 5.74) is -0.887. The molecule has 1 heterocycles. The van der Waals surface area contributed by atoms with Crippen LogP contribution in [0.15, 0.2) is 42.5 Å². The number of alkyl halides is 3. The minimum absolute atomic E-state index is 0.0299. The Hall–Kier alpha value is -2.97. The van der Waals surface area contributed by atoms with Crippen LogP contribution >= 0.6 is 0 Å². The third-order valence-electron chi connectivity index (χ3n) is 4.42. The van der Waals surface area contributed by atoms with Gasteiger partial charge in [0, 0.05) is 19.5 Å². The molecule has 0 saturated carbocycles. The fourth-order valence-electron chi connectivity index (χ4n) is 3.00. The molecule has 2 aromatic rings. The highest BCUT2D eigenvalue weighted by atomic mass is 19.4. The first kappa shape index (κ1) is 19.8. The van der Waals surface area contributed by atoms with Crippen LogP contribution < -0.4 is 5.32 Å².